The van der Waals surface area contributed by atoms with E-state index in [2.05, 4.69) is 40.8 Å². The highest BCUT2D eigenvalue weighted by Gasteiger charge is 2.41. The molecule has 0 bridgehead atoms. The maximum Gasteiger partial charge on any atom is 0.132 e. The Morgan fingerprint density at radius 3 is 2.25 bits per heavy atom. The summed E-state index contributed by atoms with van der Waals surface area (Å²) >= 11 is 0. The smallest absolute Gasteiger partial charge is 0.132 e. The molecule has 0 saturated heterocycles. The molecule has 1 nitrogen and oxygen atoms in total. The Morgan fingerprint density at radius 1 is 1.10 bits per heavy atom. The predicted molar refractivity (Wildman–Crippen MR) is 91.8 cm³/mol. The third kappa shape index (κ3) is 4.72. The van der Waals surface area contributed by atoms with Gasteiger partial charge in [0.25, 0.3) is 0 Å². The van der Waals surface area contributed by atoms with Gasteiger partial charge in [-0.25, -0.2) is 0 Å². The summed E-state index contributed by atoms with van der Waals surface area (Å²) in [7, 11) is -1.75. The molecule has 1 rings (SSSR count). The zero-order valence-electron chi connectivity index (χ0n) is 14.7. The fourth-order valence-corrected chi connectivity index (χ4v) is 4.88. The molecule has 0 heterocycles. The van der Waals surface area contributed by atoms with E-state index in [1.807, 2.05) is 0 Å². The van der Waals surface area contributed by atoms with Crippen LogP contribution in [0.2, 0.25) is 18.1 Å². The van der Waals surface area contributed by atoms with Gasteiger partial charge in [-0.1, -0.05) is 79.3 Å². The van der Waals surface area contributed by atoms with Gasteiger partial charge in [0.1, 0.15) is 13.5 Å². The normalized spacial score (nSPS) is 24.7. The Labute approximate surface area is 127 Å². The van der Waals surface area contributed by atoms with Crippen LogP contribution in [0, 0.1) is 11.8 Å². The summed E-state index contributed by atoms with van der Waals surface area (Å²) in [5, 5.41) is 0.781. The first-order chi connectivity index (χ1) is 9.16. The van der Waals surface area contributed by atoms with E-state index in [9.17, 15) is 4.79 Å². The van der Waals surface area contributed by atoms with Crippen LogP contribution >= 0.6 is 0 Å². The fraction of sp³-hybridized carbons (Fsp3) is 0.944. The Kier molecular flexibility index (Phi) is 6.49. The second-order valence-electron chi connectivity index (χ2n) is 8.57. The monoisotopic (exact) mass is 296 g/mol. The lowest BCUT2D eigenvalue weighted by atomic mass is 9.78. The van der Waals surface area contributed by atoms with Crippen molar-refractivity contribution in [2.45, 2.75) is 97.2 Å². The van der Waals surface area contributed by atoms with E-state index < -0.39 is 8.07 Å². The third-order valence-electron chi connectivity index (χ3n) is 6.09. The molecule has 0 amide bonds. The van der Waals surface area contributed by atoms with Crippen molar-refractivity contribution in [3.8, 4) is 0 Å². The van der Waals surface area contributed by atoms with Gasteiger partial charge in [0.2, 0.25) is 0 Å². The average Bonchev–Trinajstić information content (AvgIpc) is 2.34. The Bertz CT molecular complexity index is 314. The summed E-state index contributed by atoms with van der Waals surface area (Å²) in [6.45, 7) is 13.6. The molecule has 2 unspecified atom stereocenters. The van der Waals surface area contributed by atoms with Gasteiger partial charge >= 0.3 is 0 Å². The first-order valence-corrected chi connectivity index (χ1v) is 11.7. The zero-order chi connectivity index (χ0) is 15.4. The number of rotatable bonds is 6. The van der Waals surface area contributed by atoms with Crippen LogP contribution in [0.1, 0.15) is 79.1 Å². The largest absolute Gasteiger partial charge is 0.305 e. The second kappa shape index (κ2) is 7.24. The third-order valence-corrected chi connectivity index (χ3v) is 11.5. The molecule has 0 N–H and O–H groups in total. The van der Waals surface area contributed by atoms with Gasteiger partial charge in [-0.05, 0) is 23.3 Å². The summed E-state index contributed by atoms with van der Waals surface area (Å²) in [6.07, 6.45) is 10.3. The van der Waals surface area contributed by atoms with Crippen LogP contribution in [0.4, 0.5) is 0 Å². The van der Waals surface area contributed by atoms with E-state index in [0.29, 0.717) is 5.41 Å². The molecule has 0 spiro atoms. The quantitative estimate of drug-likeness (QED) is 0.434. The first kappa shape index (κ1) is 17.9. The molecule has 1 aliphatic carbocycles. The molecule has 1 saturated carbocycles. The predicted octanol–water partition coefficient (Wildman–Crippen LogP) is 5.99. The minimum atomic E-state index is -1.75. The van der Waals surface area contributed by atoms with E-state index in [4.69, 9.17) is 0 Å². The van der Waals surface area contributed by atoms with E-state index in [1.165, 1.54) is 38.5 Å². The minimum absolute atomic E-state index is 0.196. The van der Waals surface area contributed by atoms with Crippen LogP contribution in [0.5, 0.6) is 0 Å². The number of carbonyl (C=O) groups is 1. The van der Waals surface area contributed by atoms with Crippen molar-refractivity contribution in [3.63, 3.8) is 0 Å². The summed E-state index contributed by atoms with van der Waals surface area (Å²) in [4.78, 5) is 12.5. The Hall–Kier alpha value is -0.113. The molecule has 118 valence electrons. The van der Waals surface area contributed by atoms with Crippen molar-refractivity contribution in [1.29, 1.82) is 0 Å². The topological polar surface area (TPSA) is 17.1 Å². The van der Waals surface area contributed by atoms with E-state index in [1.54, 1.807) is 0 Å². The van der Waals surface area contributed by atoms with Gasteiger partial charge in [0.15, 0.2) is 0 Å². The highest BCUT2D eigenvalue weighted by atomic mass is 28.3. The van der Waals surface area contributed by atoms with Gasteiger partial charge in [-0.3, -0.25) is 0 Å². The molecule has 1 aliphatic rings. The van der Waals surface area contributed by atoms with Gasteiger partial charge in [0, 0.05) is 6.42 Å². The summed E-state index contributed by atoms with van der Waals surface area (Å²) in [6, 6.07) is 0. The zero-order valence-corrected chi connectivity index (χ0v) is 15.7. The standard InChI is InChI=1S/C18H36OSi/c1-15-11-7-8-12-16(15)13-9-10-14-17(19)20(5,6)18(2,3)4/h15-16H,7-14H2,1-6H3. The summed E-state index contributed by atoms with van der Waals surface area (Å²) < 4.78 is 0. The second-order valence-corrected chi connectivity index (χ2v) is 13.9. The molecular weight excluding hydrogens is 260 g/mol. The van der Waals surface area contributed by atoms with E-state index in [-0.39, 0.29) is 5.04 Å². The van der Waals surface area contributed by atoms with Gasteiger partial charge < -0.3 is 4.79 Å². The lowest BCUT2D eigenvalue weighted by molar-refractivity contribution is -0.113. The Balaban J connectivity index is 2.29. The molecule has 20 heavy (non-hydrogen) atoms. The Morgan fingerprint density at radius 2 is 1.70 bits per heavy atom. The number of carbonyl (C=O) groups excluding carboxylic acids is 1. The van der Waals surface area contributed by atoms with Crippen LogP contribution in [0.25, 0.3) is 0 Å². The average molecular weight is 297 g/mol. The first-order valence-electron chi connectivity index (χ1n) is 8.69. The lowest BCUT2D eigenvalue weighted by Gasteiger charge is -2.35. The fourth-order valence-electron chi connectivity index (χ4n) is 3.24. The summed E-state index contributed by atoms with van der Waals surface area (Å²) in [5.41, 5.74) is 0. The molecule has 1 fully saturated rings. The molecular formula is C18H36OSi. The SMILES string of the molecule is CC1CCCCC1CCCCC(=O)[Si](C)(C)C(C)(C)C. The minimum Gasteiger partial charge on any atom is -0.305 e. The van der Waals surface area contributed by atoms with Crippen molar-refractivity contribution in [2.24, 2.45) is 11.8 Å². The molecule has 0 radical (unpaired) electrons. The van der Waals surface area contributed by atoms with Crippen molar-refractivity contribution < 1.29 is 4.79 Å². The van der Waals surface area contributed by atoms with Crippen LogP contribution in [0.3, 0.4) is 0 Å². The van der Waals surface area contributed by atoms with Crippen LogP contribution < -0.4 is 0 Å². The van der Waals surface area contributed by atoms with Crippen molar-refractivity contribution in [3.05, 3.63) is 0 Å². The molecule has 0 aromatic rings. The molecule has 0 aromatic heterocycles. The summed E-state index contributed by atoms with van der Waals surface area (Å²) in [5.74, 6) is 1.85. The van der Waals surface area contributed by atoms with Crippen LogP contribution in [-0.4, -0.2) is 13.5 Å². The van der Waals surface area contributed by atoms with Crippen molar-refractivity contribution >= 4 is 13.5 Å². The highest BCUT2D eigenvalue weighted by molar-refractivity contribution is 7.06. The van der Waals surface area contributed by atoms with Gasteiger partial charge in [-0.15, -0.1) is 0 Å². The number of hydrogen-bond acceptors (Lipinski definition) is 1. The van der Waals surface area contributed by atoms with Crippen molar-refractivity contribution in [2.75, 3.05) is 0 Å². The van der Waals surface area contributed by atoms with Gasteiger partial charge in [0.05, 0.1) is 0 Å². The van der Waals surface area contributed by atoms with E-state index >= 15 is 0 Å². The lowest BCUT2D eigenvalue weighted by Crippen LogP contribution is -2.46. The van der Waals surface area contributed by atoms with E-state index in [0.717, 1.165) is 24.7 Å². The maximum absolute atomic E-state index is 12.5. The number of hydrogen-bond donors (Lipinski definition) is 0. The molecule has 2 heteroatoms. The maximum atomic E-state index is 12.5. The van der Waals surface area contributed by atoms with Gasteiger partial charge in [-0.2, -0.15) is 0 Å². The highest BCUT2D eigenvalue weighted by Crippen LogP contribution is 2.37. The number of unbranched alkanes of at least 4 members (excludes halogenated alkanes) is 1. The molecule has 0 aliphatic heterocycles. The van der Waals surface area contributed by atoms with Crippen LogP contribution in [0.15, 0.2) is 0 Å². The molecule has 0 aromatic carbocycles. The molecule has 2 atom stereocenters. The van der Waals surface area contributed by atoms with Crippen LogP contribution in [-0.2, 0) is 4.79 Å². The van der Waals surface area contributed by atoms with Crippen molar-refractivity contribution in [1.82, 2.24) is 0 Å².